The number of benzene rings is 1. The molecule has 1 aromatic heterocycles. The van der Waals surface area contributed by atoms with Crippen LogP contribution < -0.4 is 5.32 Å². The van der Waals surface area contributed by atoms with E-state index in [0.717, 1.165) is 4.47 Å². The van der Waals surface area contributed by atoms with E-state index in [9.17, 15) is 4.79 Å². The third-order valence-corrected chi connectivity index (χ3v) is 3.20. The Kier molecular flexibility index (Phi) is 3.67. The predicted molar refractivity (Wildman–Crippen MR) is 74.9 cm³/mol. The van der Waals surface area contributed by atoms with Gasteiger partial charge >= 0.3 is 0 Å². The Morgan fingerprint density at radius 2 is 2.21 bits per heavy atom. The average molecular weight is 319 g/mol. The van der Waals surface area contributed by atoms with Crippen LogP contribution in [0.15, 0.2) is 22.7 Å². The lowest BCUT2D eigenvalue weighted by atomic mass is 10.1. The van der Waals surface area contributed by atoms with Crippen molar-refractivity contribution in [3.05, 3.63) is 45.2 Å². The van der Waals surface area contributed by atoms with Crippen molar-refractivity contribution >= 4 is 27.5 Å². The molecule has 0 spiro atoms. The van der Waals surface area contributed by atoms with E-state index in [0.29, 0.717) is 28.2 Å². The van der Waals surface area contributed by atoms with Gasteiger partial charge in [-0.2, -0.15) is 10.4 Å². The van der Waals surface area contributed by atoms with Gasteiger partial charge in [-0.15, -0.1) is 0 Å². The molecule has 2 N–H and O–H groups in total. The Hall–Kier alpha value is -2.13. The summed E-state index contributed by atoms with van der Waals surface area (Å²) in [4.78, 5) is 12.2. The molecule has 1 aromatic carbocycles. The number of amides is 1. The molecule has 0 saturated heterocycles. The van der Waals surface area contributed by atoms with Crippen molar-refractivity contribution in [2.75, 3.05) is 5.32 Å². The van der Waals surface area contributed by atoms with Crippen molar-refractivity contribution in [1.29, 1.82) is 5.26 Å². The van der Waals surface area contributed by atoms with Gasteiger partial charge in [0, 0.05) is 10.2 Å². The molecule has 0 aliphatic rings. The maximum absolute atomic E-state index is 12.2. The molecule has 2 aromatic rings. The molecule has 0 radical (unpaired) electrons. The van der Waals surface area contributed by atoms with Crippen molar-refractivity contribution in [3.8, 4) is 6.07 Å². The number of nitrogens with one attached hydrogen (secondary N) is 2. The third-order valence-electron chi connectivity index (χ3n) is 2.71. The number of nitriles is 1. The van der Waals surface area contributed by atoms with Crippen LogP contribution in [0.5, 0.6) is 0 Å². The normalized spacial score (nSPS) is 10.0. The number of hydrogen-bond donors (Lipinski definition) is 2. The number of rotatable bonds is 2. The minimum Gasteiger partial charge on any atom is -0.321 e. The number of carbonyl (C=O) groups excluding carboxylic acids is 1. The fraction of sp³-hybridized carbons (Fsp3) is 0.154. The van der Waals surface area contributed by atoms with E-state index in [1.54, 1.807) is 32.0 Å². The highest BCUT2D eigenvalue weighted by molar-refractivity contribution is 9.10. The fourth-order valence-electron chi connectivity index (χ4n) is 1.79. The van der Waals surface area contributed by atoms with Crippen LogP contribution in [0.4, 0.5) is 5.69 Å². The second kappa shape index (κ2) is 5.24. The van der Waals surface area contributed by atoms with Crippen LogP contribution in [0.2, 0.25) is 0 Å². The summed E-state index contributed by atoms with van der Waals surface area (Å²) in [5.41, 5.74) is 2.72. The fourth-order valence-corrected chi connectivity index (χ4v) is 2.15. The number of aromatic amines is 1. The zero-order chi connectivity index (χ0) is 14.0. The molecule has 0 bridgehead atoms. The van der Waals surface area contributed by atoms with E-state index in [1.165, 1.54) is 0 Å². The van der Waals surface area contributed by atoms with Gasteiger partial charge < -0.3 is 5.32 Å². The first-order chi connectivity index (χ1) is 9.02. The van der Waals surface area contributed by atoms with Crippen LogP contribution in [-0.4, -0.2) is 16.1 Å². The quantitative estimate of drug-likeness (QED) is 0.893. The standard InChI is InChI=1S/C13H11BrN4O/c1-7-12(8(2)18-17-7)13(19)16-11-5-10(14)4-3-9(11)6-15/h3-5H,1-2H3,(H,16,19)(H,17,18). The van der Waals surface area contributed by atoms with Crippen LogP contribution in [-0.2, 0) is 0 Å². The van der Waals surface area contributed by atoms with Gasteiger partial charge in [0.1, 0.15) is 6.07 Å². The van der Waals surface area contributed by atoms with Gasteiger partial charge in [-0.25, -0.2) is 0 Å². The Bertz CT molecular complexity index is 665. The van der Waals surface area contributed by atoms with Gasteiger partial charge in [0.25, 0.3) is 5.91 Å². The summed E-state index contributed by atoms with van der Waals surface area (Å²) in [6.45, 7) is 3.53. The van der Waals surface area contributed by atoms with Crippen molar-refractivity contribution in [3.63, 3.8) is 0 Å². The van der Waals surface area contributed by atoms with Crippen molar-refractivity contribution in [2.45, 2.75) is 13.8 Å². The molecule has 0 aliphatic carbocycles. The number of hydrogen-bond acceptors (Lipinski definition) is 3. The molecular weight excluding hydrogens is 308 g/mol. The molecule has 0 saturated carbocycles. The number of nitrogens with zero attached hydrogens (tertiary/aromatic N) is 2. The van der Waals surface area contributed by atoms with E-state index >= 15 is 0 Å². The molecular formula is C13H11BrN4O. The zero-order valence-corrected chi connectivity index (χ0v) is 12.0. The highest BCUT2D eigenvalue weighted by atomic mass is 79.9. The molecule has 1 amide bonds. The van der Waals surface area contributed by atoms with Crippen LogP contribution in [0.3, 0.4) is 0 Å². The Morgan fingerprint density at radius 3 is 2.79 bits per heavy atom. The zero-order valence-electron chi connectivity index (χ0n) is 10.4. The molecule has 6 heteroatoms. The average Bonchev–Trinajstić information content (AvgIpc) is 2.69. The molecule has 0 unspecified atom stereocenters. The molecule has 5 nitrogen and oxygen atoms in total. The summed E-state index contributed by atoms with van der Waals surface area (Å²) in [7, 11) is 0. The maximum atomic E-state index is 12.2. The predicted octanol–water partition coefficient (Wildman–Crippen LogP) is 2.91. The Morgan fingerprint density at radius 1 is 1.47 bits per heavy atom. The van der Waals surface area contributed by atoms with Gasteiger partial charge in [0.05, 0.1) is 22.5 Å². The minimum atomic E-state index is -0.279. The number of carbonyl (C=O) groups is 1. The van der Waals surface area contributed by atoms with E-state index < -0.39 is 0 Å². The Labute approximate surface area is 118 Å². The minimum absolute atomic E-state index is 0.279. The van der Waals surface area contributed by atoms with Crippen molar-refractivity contribution in [1.82, 2.24) is 10.2 Å². The first-order valence-corrected chi connectivity index (χ1v) is 6.34. The topological polar surface area (TPSA) is 81.6 Å². The number of H-pyrrole nitrogens is 1. The monoisotopic (exact) mass is 318 g/mol. The molecule has 1 heterocycles. The van der Waals surface area contributed by atoms with Crippen molar-refractivity contribution in [2.24, 2.45) is 0 Å². The summed E-state index contributed by atoms with van der Waals surface area (Å²) in [6, 6.07) is 7.14. The summed E-state index contributed by atoms with van der Waals surface area (Å²) >= 11 is 3.31. The molecule has 2 rings (SSSR count). The van der Waals surface area contributed by atoms with Gasteiger partial charge in [-0.3, -0.25) is 9.89 Å². The number of halogens is 1. The lowest BCUT2D eigenvalue weighted by Crippen LogP contribution is -2.14. The number of anilines is 1. The maximum Gasteiger partial charge on any atom is 0.259 e. The van der Waals surface area contributed by atoms with Crippen LogP contribution in [0.25, 0.3) is 0 Å². The number of aromatic nitrogens is 2. The van der Waals surface area contributed by atoms with Crippen LogP contribution in [0, 0.1) is 25.2 Å². The van der Waals surface area contributed by atoms with Crippen molar-refractivity contribution < 1.29 is 4.79 Å². The first kappa shape index (κ1) is 13.3. The lowest BCUT2D eigenvalue weighted by Gasteiger charge is -2.07. The lowest BCUT2D eigenvalue weighted by molar-refractivity contribution is 0.102. The van der Waals surface area contributed by atoms with Gasteiger partial charge in [-0.05, 0) is 32.0 Å². The molecule has 19 heavy (non-hydrogen) atoms. The Balaban J connectivity index is 2.35. The SMILES string of the molecule is Cc1n[nH]c(C)c1C(=O)Nc1cc(Br)ccc1C#N. The van der Waals surface area contributed by atoms with Gasteiger partial charge in [-0.1, -0.05) is 15.9 Å². The molecule has 0 fully saturated rings. The van der Waals surface area contributed by atoms with Crippen LogP contribution >= 0.6 is 15.9 Å². The van der Waals surface area contributed by atoms with E-state index in [4.69, 9.17) is 5.26 Å². The van der Waals surface area contributed by atoms with E-state index in [1.807, 2.05) is 6.07 Å². The highest BCUT2D eigenvalue weighted by Gasteiger charge is 2.16. The van der Waals surface area contributed by atoms with Crippen LogP contribution in [0.1, 0.15) is 27.3 Å². The number of aryl methyl sites for hydroxylation is 2. The summed E-state index contributed by atoms with van der Waals surface area (Å²) in [5.74, 6) is -0.279. The molecule has 96 valence electrons. The van der Waals surface area contributed by atoms with Gasteiger partial charge in [0.2, 0.25) is 0 Å². The second-order valence-corrected chi connectivity index (χ2v) is 4.98. The summed E-state index contributed by atoms with van der Waals surface area (Å²) in [5, 5.41) is 18.5. The van der Waals surface area contributed by atoms with Gasteiger partial charge in [0.15, 0.2) is 0 Å². The summed E-state index contributed by atoms with van der Waals surface area (Å²) in [6.07, 6.45) is 0. The smallest absolute Gasteiger partial charge is 0.259 e. The largest absolute Gasteiger partial charge is 0.321 e. The molecule has 0 atom stereocenters. The second-order valence-electron chi connectivity index (χ2n) is 4.06. The third kappa shape index (κ3) is 2.66. The first-order valence-electron chi connectivity index (χ1n) is 5.55. The van der Waals surface area contributed by atoms with E-state index in [-0.39, 0.29) is 5.91 Å². The molecule has 0 aliphatic heterocycles. The summed E-state index contributed by atoms with van der Waals surface area (Å²) < 4.78 is 0.794. The van der Waals surface area contributed by atoms with E-state index in [2.05, 4.69) is 31.4 Å². The highest BCUT2D eigenvalue weighted by Crippen LogP contribution is 2.22.